The summed E-state index contributed by atoms with van der Waals surface area (Å²) in [5, 5.41) is 12.4. The smallest absolute Gasteiger partial charge is 0.271 e. The largest absolute Gasteiger partial charge is 0.497 e. The van der Waals surface area contributed by atoms with Crippen LogP contribution in [0, 0.1) is 6.92 Å². The third-order valence-corrected chi connectivity index (χ3v) is 3.25. The summed E-state index contributed by atoms with van der Waals surface area (Å²) in [5.74, 6) is 0.400. The Bertz CT molecular complexity index is 644. The predicted molar refractivity (Wildman–Crippen MR) is 87.8 cm³/mol. The lowest BCUT2D eigenvalue weighted by atomic mass is 10.2. The molecule has 1 amide bonds. The molecule has 1 aromatic carbocycles. The summed E-state index contributed by atoms with van der Waals surface area (Å²) < 4.78 is 10.5. The number of rotatable bonds is 8. The fourth-order valence-electron chi connectivity index (χ4n) is 1.90. The van der Waals surface area contributed by atoms with E-state index in [0.29, 0.717) is 6.61 Å². The minimum absolute atomic E-state index is 0.0804. The maximum Gasteiger partial charge on any atom is 0.271 e. The number of aromatic nitrogens is 2. The molecule has 2 N–H and O–H groups in total. The number of carbonyl (C=O) groups excluding carboxylic acids is 1. The third kappa shape index (κ3) is 5.60. The van der Waals surface area contributed by atoms with E-state index in [2.05, 4.69) is 15.3 Å². The first-order valence-corrected chi connectivity index (χ1v) is 7.54. The summed E-state index contributed by atoms with van der Waals surface area (Å²) in [5.41, 5.74) is 1.92. The van der Waals surface area contributed by atoms with Gasteiger partial charge in [0.25, 0.3) is 5.91 Å². The van der Waals surface area contributed by atoms with Crippen molar-refractivity contribution >= 4 is 5.91 Å². The quantitative estimate of drug-likeness (QED) is 0.752. The molecule has 2 rings (SSSR count). The maximum absolute atomic E-state index is 11.8. The number of carbonyl (C=O) groups is 1. The molecule has 0 saturated heterocycles. The number of nitrogens with one attached hydrogen (secondary N) is 1. The highest BCUT2D eigenvalue weighted by atomic mass is 16.5. The standard InChI is InChI=1S/C17H21N3O4/c1-12-7-19-16(9-18-12)17(22)20-8-14(21)11-24-10-13-3-5-15(23-2)6-4-13/h3-7,9,14,21H,8,10-11H2,1-2H3,(H,20,22)/t14-/m0/s1. The van der Waals surface area contributed by atoms with Gasteiger partial charge in [-0.1, -0.05) is 12.1 Å². The Balaban J connectivity index is 1.68. The number of benzene rings is 1. The molecule has 0 radical (unpaired) electrons. The molecular weight excluding hydrogens is 310 g/mol. The Morgan fingerprint density at radius 3 is 2.62 bits per heavy atom. The van der Waals surface area contributed by atoms with Gasteiger partial charge in [-0.3, -0.25) is 9.78 Å². The number of ether oxygens (including phenoxy) is 2. The van der Waals surface area contributed by atoms with Crippen molar-refractivity contribution in [3.63, 3.8) is 0 Å². The molecule has 0 saturated carbocycles. The van der Waals surface area contributed by atoms with Crippen molar-refractivity contribution in [1.29, 1.82) is 0 Å². The Morgan fingerprint density at radius 2 is 2.00 bits per heavy atom. The molecule has 0 fully saturated rings. The zero-order valence-electron chi connectivity index (χ0n) is 13.7. The predicted octanol–water partition coefficient (Wildman–Crippen LogP) is 1.10. The zero-order chi connectivity index (χ0) is 17.4. The summed E-state index contributed by atoms with van der Waals surface area (Å²) in [6.07, 6.45) is 2.12. The monoisotopic (exact) mass is 331 g/mol. The van der Waals surface area contributed by atoms with Crippen LogP contribution in [0.5, 0.6) is 5.75 Å². The first kappa shape index (κ1) is 17.8. The van der Waals surface area contributed by atoms with Crippen molar-refractivity contribution in [2.75, 3.05) is 20.3 Å². The van der Waals surface area contributed by atoms with Crippen LogP contribution in [-0.2, 0) is 11.3 Å². The number of hydrogen-bond acceptors (Lipinski definition) is 6. The van der Waals surface area contributed by atoms with Gasteiger partial charge in [0, 0.05) is 12.7 Å². The topological polar surface area (TPSA) is 93.6 Å². The van der Waals surface area contributed by atoms with Gasteiger partial charge in [0.2, 0.25) is 0 Å². The third-order valence-electron chi connectivity index (χ3n) is 3.25. The van der Waals surface area contributed by atoms with E-state index < -0.39 is 6.10 Å². The molecule has 1 aromatic heterocycles. The van der Waals surface area contributed by atoms with Crippen LogP contribution in [0.1, 0.15) is 21.7 Å². The van der Waals surface area contributed by atoms with Gasteiger partial charge < -0.3 is 19.9 Å². The maximum atomic E-state index is 11.8. The lowest BCUT2D eigenvalue weighted by Crippen LogP contribution is -2.35. The minimum atomic E-state index is -0.800. The Hall–Kier alpha value is -2.51. The van der Waals surface area contributed by atoms with E-state index in [1.165, 1.54) is 12.4 Å². The summed E-state index contributed by atoms with van der Waals surface area (Å²) in [6, 6.07) is 7.47. The van der Waals surface area contributed by atoms with Crippen LogP contribution in [-0.4, -0.2) is 47.3 Å². The van der Waals surface area contributed by atoms with Crippen molar-refractivity contribution in [2.45, 2.75) is 19.6 Å². The number of hydrogen-bond donors (Lipinski definition) is 2. The first-order chi connectivity index (χ1) is 11.6. The molecule has 0 bridgehead atoms. The Morgan fingerprint density at radius 1 is 1.25 bits per heavy atom. The van der Waals surface area contributed by atoms with Gasteiger partial charge in [0.15, 0.2) is 0 Å². The molecule has 2 aromatic rings. The van der Waals surface area contributed by atoms with E-state index in [0.717, 1.165) is 17.0 Å². The SMILES string of the molecule is COc1ccc(COC[C@@H](O)CNC(=O)c2cnc(C)cn2)cc1. The number of nitrogens with zero attached hydrogens (tertiary/aromatic N) is 2. The lowest BCUT2D eigenvalue weighted by molar-refractivity contribution is 0.0284. The number of aryl methyl sites for hydroxylation is 1. The minimum Gasteiger partial charge on any atom is -0.497 e. The van der Waals surface area contributed by atoms with Crippen molar-refractivity contribution < 1.29 is 19.4 Å². The van der Waals surface area contributed by atoms with Crippen LogP contribution in [0.25, 0.3) is 0 Å². The van der Waals surface area contributed by atoms with Crippen molar-refractivity contribution in [1.82, 2.24) is 15.3 Å². The summed E-state index contributed by atoms with van der Waals surface area (Å²) >= 11 is 0. The molecule has 7 nitrogen and oxygen atoms in total. The van der Waals surface area contributed by atoms with Gasteiger partial charge in [-0.05, 0) is 24.6 Å². The molecule has 0 aliphatic rings. The molecule has 0 aliphatic carbocycles. The molecular formula is C17H21N3O4. The van der Waals surface area contributed by atoms with Crippen LogP contribution in [0.15, 0.2) is 36.7 Å². The van der Waals surface area contributed by atoms with Gasteiger partial charge in [-0.25, -0.2) is 4.98 Å². The molecule has 1 heterocycles. The van der Waals surface area contributed by atoms with E-state index in [1.807, 2.05) is 24.3 Å². The molecule has 0 unspecified atom stereocenters. The molecule has 24 heavy (non-hydrogen) atoms. The molecule has 128 valence electrons. The van der Waals surface area contributed by atoms with Crippen molar-refractivity contribution in [3.05, 3.63) is 53.6 Å². The number of aliphatic hydroxyl groups is 1. The summed E-state index contributed by atoms with van der Waals surface area (Å²) in [6.45, 7) is 2.36. The second-order valence-electron chi connectivity index (χ2n) is 5.27. The number of aliphatic hydroxyl groups excluding tert-OH is 1. The fourth-order valence-corrected chi connectivity index (χ4v) is 1.90. The highest BCUT2D eigenvalue weighted by Gasteiger charge is 2.10. The highest BCUT2D eigenvalue weighted by Crippen LogP contribution is 2.11. The number of methoxy groups -OCH3 is 1. The summed E-state index contributed by atoms with van der Waals surface area (Å²) in [4.78, 5) is 19.8. The second kappa shape index (κ2) is 8.95. The van der Waals surface area contributed by atoms with Crippen molar-refractivity contribution in [3.8, 4) is 5.75 Å². The molecule has 1 atom stereocenters. The fraction of sp³-hybridized carbons (Fsp3) is 0.353. The van der Waals surface area contributed by atoms with Gasteiger partial charge >= 0.3 is 0 Å². The van der Waals surface area contributed by atoms with Crippen LogP contribution in [0.4, 0.5) is 0 Å². The zero-order valence-corrected chi connectivity index (χ0v) is 13.7. The molecule has 0 spiro atoms. The van der Waals surface area contributed by atoms with Gasteiger partial charge in [-0.15, -0.1) is 0 Å². The average molecular weight is 331 g/mol. The number of amides is 1. The second-order valence-corrected chi connectivity index (χ2v) is 5.27. The van der Waals surface area contributed by atoms with Crippen LogP contribution < -0.4 is 10.1 Å². The first-order valence-electron chi connectivity index (χ1n) is 7.54. The van der Waals surface area contributed by atoms with E-state index >= 15 is 0 Å². The van der Waals surface area contributed by atoms with Crippen LogP contribution >= 0.6 is 0 Å². The van der Waals surface area contributed by atoms with Crippen molar-refractivity contribution in [2.24, 2.45) is 0 Å². The van der Waals surface area contributed by atoms with Gasteiger partial charge in [0.1, 0.15) is 11.4 Å². The van der Waals surface area contributed by atoms with E-state index in [9.17, 15) is 9.90 Å². The average Bonchev–Trinajstić information content (AvgIpc) is 2.61. The van der Waals surface area contributed by atoms with E-state index in [-0.39, 0.29) is 24.8 Å². The molecule has 7 heteroatoms. The molecule has 0 aliphatic heterocycles. The van der Waals surface area contributed by atoms with Crippen LogP contribution in [0.2, 0.25) is 0 Å². The summed E-state index contributed by atoms with van der Waals surface area (Å²) in [7, 11) is 1.61. The van der Waals surface area contributed by atoms with E-state index in [1.54, 1.807) is 14.0 Å². The van der Waals surface area contributed by atoms with E-state index in [4.69, 9.17) is 9.47 Å². The van der Waals surface area contributed by atoms with Gasteiger partial charge in [-0.2, -0.15) is 0 Å². The lowest BCUT2D eigenvalue weighted by Gasteiger charge is -2.12. The highest BCUT2D eigenvalue weighted by molar-refractivity contribution is 5.91. The van der Waals surface area contributed by atoms with Crippen LogP contribution in [0.3, 0.4) is 0 Å². The normalized spacial score (nSPS) is 11.8. The van der Waals surface area contributed by atoms with Gasteiger partial charge in [0.05, 0.1) is 38.3 Å². The Labute approximate surface area is 140 Å². The Kier molecular flexibility index (Phi) is 6.65.